The summed E-state index contributed by atoms with van der Waals surface area (Å²) in [7, 11) is 0. The summed E-state index contributed by atoms with van der Waals surface area (Å²) >= 11 is 7.35. The Morgan fingerprint density at radius 3 is 2.76 bits per heavy atom. The zero-order valence-corrected chi connectivity index (χ0v) is 18.9. The van der Waals surface area contributed by atoms with Gasteiger partial charge in [0.15, 0.2) is 16.6 Å². The fourth-order valence-corrected chi connectivity index (χ4v) is 4.34. The molecule has 4 aromatic heterocycles. The highest BCUT2D eigenvalue weighted by Gasteiger charge is 2.18. The van der Waals surface area contributed by atoms with E-state index in [9.17, 15) is 4.79 Å². The third-order valence-corrected chi connectivity index (χ3v) is 5.93. The lowest BCUT2D eigenvalue weighted by Crippen LogP contribution is -2.22. The molecule has 1 amide bonds. The van der Waals surface area contributed by atoms with Gasteiger partial charge in [0.05, 0.1) is 37.0 Å². The molecular formula is C20H17ClN10OS. The fourth-order valence-electron chi connectivity index (χ4n) is 3.33. The number of halogens is 1. The topological polar surface area (TPSA) is 134 Å². The van der Waals surface area contributed by atoms with E-state index in [1.807, 2.05) is 16.1 Å². The van der Waals surface area contributed by atoms with Crippen molar-refractivity contribution in [3.05, 3.63) is 64.9 Å². The van der Waals surface area contributed by atoms with Crippen LogP contribution in [0.4, 0.5) is 16.6 Å². The van der Waals surface area contributed by atoms with Gasteiger partial charge in [0, 0.05) is 17.3 Å². The fraction of sp³-hybridized carbons (Fsp3) is 0.150. The Morgan fingerprint density at radius 2 is 1.97 bits per heavy atom. The number of imidazole rings is 1. The third kappa shape index (κ3) is 4.25. The Hall–Kier alpha value is -3.90. The van der Waals surface area contributed by atoms with Crippen LogP contribution in [0, 0.1) is 0 Å². The maximum atomic E-state index is 12.3. The zero-order valence-electron chi connectivity index (χ0n) is 17.3. The van der Waals surface area contributed by atoms with Crippen LogP contribution in [0.2, 0.25) is 5.02 Å². The first-order valence-corrected chi connectivity index (χ1v) is 11.0. The van der Waals surface area contributed by atoms with Crippen LogP contribution >= 0.6 is 22.9 Å². The van der Waals surface area contributed by atoms with E-state index in [1.54, 1.807) is 40.2 Å². The van der Waals surface area contributed by atoms with Crippen molar-refractivity contribution >= 4 is 56.6 Å². The first-order chi connectivity index (χ1) is 16.0. The number of carbonyl (C=O) groups is 1. The average Bonchev–Trinajstić information content (AvgIpc) is 3.52. The number of aromatic nitrogens is 8. The number of hydrogen-bond donors (Lipinski definition) is 1. The molecule has 1 aromatic carbocycles. The lowest BCUT2D eigenvalue weighted by Gasteiger charge is -2.17. The van der Waals surface area contributed by atoms with Crippen molar-refractivity contribution in [3.8, 4) is 0 Å². The highest BCUT2D eigenvalue weighted by atomic mass is 35.5. The molecule has 0 fully saturated rings. The Kier molecular flexibility index (Phi) is 5.44. The maximum Gasteiger partial charge on any atom is 0.230 e. The van der Waals surface area contributed by atoms with E-state index in [0.717, 1.165) is 11.4 Å². The molecule has 0 aliphatic heterocycles. The van der Waals surface area contributed by atoms with E-state index < -0.39 is 0 Å². The van der Waals surface area contributed by atoms with Gasteiger partial charge in [0.2, 0.25) is 5.91 Å². The van der Waals surface area contributed by atoms with E-state index in [2.05, 4.69) is 30.2 Å². The molecule has 11 nitrogen and oxygen atoms in total. The molecule has 0 saturated heterocycles. The molecule has 5 rings (SSSR count). The number of carbonyl (C=O) groups excluding carboxylic acids is 1. The summed E-state index contributed by atoms with van der Waals surface area (Å²) in [4.78, 5) is 30.9. The third-order valence-electron chi connectivity index (χ3n) is 4.80. The molecule has 13 heteroatoms. The summed E-state index contributed by atoms with van der Waals surface area (Å²) in [5.74, 6) is 0.193. The molecule has 0 unspecified atom stereocenters. The quantitative estimate of drug-likeness (QED) is 0.392. The van der Waals surface area contributed by atoms with Crippen LogP contribution in [-0.4, -0.2) is 45.4 Å². The summed E-state index contributed by atoms with van der Waals surface area (Å²) in [5, 5.41) is 11.5. The molecule has 33 heavy (non-hydrogen) atoms. The monoisotopic (exact) mass is 480 g/mol. The van der Waals surface area contributed by atoms with Gasteiger partial charge in [-0.15, -0.1) is 16.4 Å². The number of amides is 1. The Bertz CT molecular complexity index is 1440. The van der Waals surface area contributed by atoms with Crippen molar-refractivity contribution in [1.82, 2.24) is 39.5 Å². The number of nitrogen functional groups attached to an aromatic ring is 1. The first kappa shape index (κ1) is 21.0. The number of fused-ring (bicyclic) bond motifs is 1. The van der Waals surface area contributed by atoms with E-state index >= 15 is 0 Å². The lowest BCUT2D eigenvalue weighted by molar-refractivity contribution is -0.115. The maximum absolute atomic E-state index is 12.3. The van der Waals surface area contributed by atoms with Gasteiger partial charge < -0.3 is 10.3 Å². The van der Waals surface area contributed by atoms with Crippen molar-refractivity contribution < 1.29 is 4.79 Å². The van der Waals surface area contributed by atoms with Gasteiger partial charge in [-0.05, 0) is 24.3 Å². The van der Waals surface area contributed by atoms with Crippen LogP contribution in [0.25, 0.3) is 11.2 Å². The van der Waals surface area contributed by atoms with Crippen LogP contribution < -0.4 is 10.6 Å². The second kappa shape index (κ2) is 8.56. The molecule has 0 saturated carbocycles. The number of hydrogen-bond acceptors (Lipinski definition) is 9. The summed E-state index contributed by atoms with van der Waals surface area (Å²) < 4.78 is 3.52. The molecule has 0 bridgehead atoms. The first-order valence-electron chi connectivity index (χ1n) is 9.79. The van der Waals surface area contributed by atoms with E-state index in [-0.39, 0.29) is 5.91 Å². The highest BCUT2D eigenvalue weighted by molar-refractivity contribution is 7.14. The Balaban J connectivity index is 1.32. The number of thiazole rings is 1. The minimum Gasteiger partial charge on any atom is -0.382 e. The van der Waals surface area contributed by atoms with Gasteiger partial charge in [-0.3, -0.25) is 9.69 Å². The summed E-state index contributed by atoms with van der Waals surface area (Å²) in [6.07, 6.45) is 4.88. The predicted octanol–water partition coefficient (Wildman–Crippen LogP) is 2.89. The molecule has 4 heterocycles. The summed E-state index contributed by atoms with van der Waals surface area (Å²) in [6, 6.07) is 7.05. The average molecular weight is 481 g/mol. The number of anilines is 3. The molecule has 2 N–H and O–H groups in total. The van der Waals surface area contributed by atoms with E-state index in [0.29, 0.717) is 45.9 Å². The smallest absolute Gasteiger partial charge is 0.230 e. The lowest BCUT2D eigenvalue weighted by atomic mass is 10.3. The minimum atomic E-state index is -0.140. The largest absolute Gasteiger partial charge is 0.382 e. The molecule has 0 radical (unpaired) electrons. The SMILES string of the molecule is CC(=O)N(c1ccc(Cl)cc1)c1nc(Cn2cc(Cn3cnc4c(N)ncnc43)nn2)cs1. The summed E-state index contributed by atoms with van der Waals surface area (Å²) in [6.45, 7) is 2.34. The van der Waals surface area contributed by atoms with Crippen molar-refractivity contribution in [2.75, 3.05) is 10.6 Å². The van der Waals surface area contributed by atoms with Crippen molar-refractivity contribution in [3.63, 3.8) is 0 Å². The van der Waals surface area contributed by atoms with Crippen molar-refractivity contribution in [2.24, 2.45) is 0 Å². The Morgan fingerprint density at radius 1 is 1.15 bits per heavy atom. The number of nitrogens with zero attached hydrogens (tertiary/aromatic N) is 9. The number of rotatable bonds is 6. The second-order valence-electron chi connectivity index (χ2n) is 7.16. The standard InChI is InChI=1S/C20H17ClN10OS/c1-12(32)31(16-4-2-13(21)3-5-16)20-26-15(9-33-20)8-30-7-14(27-28-30)6-29-11-25-17-18(22)23-10-24-19(17)29/h2-5,7,9-11H,6,8H2,1H3,(H2,22,23,24). The van der Waals surface area contributed by atoms with Gasteiger partial charge in [0.25, 0.3) is 0 Å². The van der Waals surface area contributed by atoms with Gasteiger partial charge in [-0.2, -0.15) is 0 Å². The molecule has 0 spiro atoms. The molecule has 166 valence electrons. The van der Waals surface area contributed by atoms with Crippen molar-refractivity contribution in [2.45, 2.75) is 20.0 Å². The molecule has 0 atom stereocenters. The van der Waals surface area contributed by atoms with Crippen molar-refractivity contribution in [1.29, 1.82) is 0 Å². The van der Waals surface area contributed by atoms with Gasteiger partial charge in [0.1, 0.15) is 17.5 Å². The predicted molar refractivity (Wildman–Crippen MR) is 124 cm³/mol. The van der Waals surface area contributed by atoms with Crippen LogP contribution in [0.3, 0.4) is 0 Å². The summed E-state index contributed by atoms with van der Waals surface area (Å²) in [5.41, 5.74) is 9.22. The van der Waals surface area contributed by atoms with Crippen LogP contribution in [0.15, 0.2) is 48.5 Å². The van der Waals surface area contributed by atoms with Crippen LogP contribution in [-0.2, 0) is 17.9 Å². The van der Waals surface area contributed by atoms with Crippen LogP contribution in [0.1, 0.15) is 18.3 Å². The zero-order chi connectivity index (χ0) is 22.9. The Labute approximate surface area is 196 Å². The molecule has 5 aromatic rings. The normalized spacial score (nSPS) is 11.2. The van der Waals surface area contributed by atoms with Crippen LogP contribution in [0.5, 0.6) is 0 Å². The van der Waals surface area contributed by atoms with Gasteiger partial charge in [-0.1, -0.05) is 16.8 Å². The minimum absolute atomic E-state index is 0.140. The van der Waals surface area contributed by atoms with E-state index in [4.69, 9.17) is 17.3 Å². The van der Waals surface area contributed by atoms with Gasteiger partial charge in [-0.25, -0.2) is 24.6 Å². The molecular weight excluding hydrogens is 464 g/mol. The number of benzene rings is 1. The van der Waals surface area contributed by atoms with E-state index in [1.165, 1.54) is 24.6 Å². The number of nitrogens with two attached hydrogens (primary N) is 1. The van der Waals surface area contributed by atoms with Gasteiger partial charge >= 0.3 is 0 Å². The molecule has 0 aliphatic carbocycles. The highest BCUT2D eigenvalue weighted by Crippen LogP contribution is 2.30. The molecule has 0 aliphatic rings. The second-order valence-corrected chi connectivity index (χ2v) is 8.44.